The zero-order valence-electron chi connectivity index (χ0n) is 20.9. The van der Waals surface area contributed by atoms with Crippen LogP contribution in [0.15, 0.2) is 36.7 Å². The standard InChI is InChI=1S/C22H27FN7O7P/c1-11(18(31)34-4)29-38(33,36-12-8-6-5-7-9-12)37-15-14-22(15,32)21(2,23)19(35-14)30-10-26-13-16(25-3)27-20(24)28-17(13)30/h5-11,14-15,19,32H,1-4H3,(H,29,33)(H3,24,25,27,28)/t11-,14-,15?,19-,21+,22+,38+/m1/s1. The van der Waals surface area contributed by atoms with Crippen molar-refractivity contribution in [1.29, 1.82) is 0 Å². The van der Waals surface area contributed by atoms with Gasteiger partial charge < -0.3 is 30.2 Å². The number of benzene rings is 1. The lowest BCUT2D eigenvalue weighted by Crippen LogP contribution is -2.45. The summed E-state index contributed by atoms with van der Waals surface area (Å²) >= 11 is 0. The van der Waals surface area contributed by atoms with E-state index in [-0.39, 0.29) is 17.3 Å². The summed E-state index contributed by atoms with van der Waals surface area (Å²) in [6.07, 6.45) is -2.71. The number of nitrogen functional groups attached to an aromatic ring is 1. The third-order valence-corrected chi connectivity index (χ3v) is 8.27. The summed E-state index contributed by atoms with van der Waals surface area (Å²) in [7, 11) is -1.58. The lowest BCUT2D eigenvalue weighted by Gasteiger charge is -2.31. The molecule has 16 heteroatoms. The van der Waals surface area contributed by atoms with Gasteiger partial charge in [-0.25, -0.2) is 13.9 Å². The van der Waals surface area contributed by atoms with Gasteiger partial charge in [0.05, 0.1) is 13.4 Å². The lowest BCUT2D eigenvalue weighted by atomic mass is 9.97. The highest BCUT2D eigenvalue weighted by Crippen LogP contribution is 2.66. The highest BCUT2D eigenvalue weighted by atomic mass is 31.2. The average molecular weight is 551 g/mol. The molecule has 5 N–H and O–H groups in total. The first-order valence-electron chi connectivity index (χ1n) is 11.6. The normalized spacial score (nSPS) is 30.3. The molecule has 3 aromatic rings. The number of imidazole rings is 1. The van der Waals surface area contributed by atoms with E-state index in [1.54, 1.807) is 25.2 Å². The van der Waals surface area contributed by atoms with Crippen molar-refractivity contribution in [2.45, 2.75) is 49.6 Å². The number of rotatable bonds is 9. The molecule has 0 spiro atoms. The number of nitrogens with two attached hydrogens (primary N) is 1. The molecule has 7 atom stereocenters. The van der Waals surface area contributed by atoms with Crippen LogP contribution in [0, 0.1) is 0 Å². The Morgan fingerprint density at radius 2 is 2.05 bits per heavy atom. The number of nitrogens with one attached hydrogen (secondary N) is 2. The number of aromatic nitrogens is 4. The van der Waals surface area contributed by atoms with Crippen LogP contribution in [0.4, 0.5) is 16.2 Å². The van der Waals surface area contributed by atoms with Crippen molar-refractivity contribution in [3.63, 3.8) is 0 Å². The monoisotopic (exact) mass is 551 g/mol. The molecule has 0 bridgehead atoms. The number of carbonyl (C=O) groups excluding carboxylic acids is 1. The number of fused-ring (bicyclic) bond motifs is 2. The molecule has 0 amide bonds. The van der Waals surface area contributed by atoms with Crippen LogP contribution in [0.1, 0.15) is 20.1 Å². The Balaban J connectivity index is 1.42. The van der Waals surface area contributed by atoms with Crippen molar-refractivity contribution in [2.75, 3.05) is 25.2 Å². The minimum absolute atomic E-state index is 0.0722. The highest BCUT2D eigenvalue weighted by Gasteiger charge is 2.85. The van der Waals surface area contributed by atoms with Gasteiger partial charge in [0.15, 0.2) is 34.5 Å². The number of para-hydroxylation sites is 1. The second-order valence-electron chi connectivity index (χ2n) is 9.12. The van der Waals surface area contributed by atoms with Gasteiger partial charge >= 0.3 is 13.7 Å². The summed E-state index contributed by atoms with van der Waals surface area (Å²) in [5, 5.41) is 16.7. The van der Waals surface area contributed by atoms with E-state index >= 15 is 4.39 Å². The molecule has 204 valence electrons. The molecule has 1 aromatic carbocycles. The molecule has 2 aliphatic rings. The van der Waals surface area contributed by atoms with Gasteiger partial charge in [-0.05, 0) is 26.0 Å². The maximum Gasteiger partial charge on any atom is 0.459 e. The molecule has 1 unspecified atom stereocenters. The summed E-state index contributed by atoms with van der Waals surface area (Å²) in [4.78, 5) is 24.4. The first-order valence-corrected chi connectivity index (χ1v) is 13.1. The molecule has 2 aromatic heterocycles. The first-order chi connectivity index (χ1) is 17.9. The van der Waals surface area contributed by atoms with Gasteiger partial charge in [-0.1, -0.05) is 18.2 Å². The average Bonchev–Trinajstić information content (AvgIpc) is 3.13. The van der Waals surface area contributed by atoms with Gasteiger partial charge in [0.1, 0.15) is 24.0 Å². The van der Waals surface area contributed by atoms with E-state index in [4.69, 9.17) is 19.5 Å². The van der Waals surface area contributed by atoms with Crippen molar-refractivity contribution in [3.8, 4) is 5.75 Å². The number of halogens is 1. The zero-order chi connectivity index (χ0) is 27.5. The number of carbonyl (C=O) groups is 1. The maximum absolute atomic E-state index is 16.3. The molecular formula is C22H27FN7O7P. The summed E-state index contributed by atoms with van der Waals surface area (Å²) in [6, 6.07) is 6.92. The molecule has 5 rings (SSSR count). The molecule has 38 heavy (non-hydrogen) atoms. The Morgan fingerprint density at radius 3 is 2.66 bits per heavy atom. The molecule has 14 nitrogen and oxygen atoms in total. The topological polar surface area (TPSA) is 185 Å². The van der Waals surface area contributed by atoms with E-state index in [2.05, 4.69) is 30.1 Å². The molecule has 1 aliphatic carbocycles. The number of hydrogen-bond donors (Lipinski definition) is 4. The lowest BCUT2D eigenvalue weighted by molar-refractivity contribution is -0.142. The second kappa shape index (κ2) is 9.13. The van der Waals surface area contributed by atoms with Crippen molar-refractivity contribution < 1.29 is 37.4 Å². The summed E-state index contributed by atoms with van der Waals surface area (Å²) in [6.45, 7) is 2.52. The van der Waals surface area contributed by atoms with Gasteiger partial charge in [-0.2, -0.15) is 15.1 Å². The van der Waals surface area contributed by atoms with Crippen LogP contribution >= 0.6 is 7.75 Å². The molecule has 2 fully saturated rings. The zero-order valence-corrected chi connectivity index (χ0v) is 21.8. The Kier molecular flexibility index (Phi) is 6.31. The van der Waals surface area contributed by atoms with Gasteiger partial charge in [-0.15, -0.1) is 0 Å². The molecule has 1 saturated heterocycles. The minimum Gasteiger partial charge on any atom is -0.468 e. The van der Waals surface area contributed by atoms with E-state index in [0.29, 0.717) is 11.3 Å². The number of hydrogen-bond acceptors (Lipinski definition) is 12. The number of nitrogens with zero attached hydrogens (tertiary/aromatic N) is 4. The van der Waals surface area contributed by atoms with Gasteiger partial charge in [0, 0.05) is 7.05 Å². The van der Waals surface area contributed by atoms with E-state index in [9.17, 15) is 14.5 Å². The van der Waals surface area contributed by atoms with Crippen molar-refractivity contribution >= 4 is 36.6 Å². The molecule has 3 heterocycles. The number of ether oxygens (including phenoxy) is 2. The highest BCUT2D eigenvalue weighted by molar-refractivity contribution is 7.52. The maximum atomic E-state index is 16.3. The summed E-state index contributed by atoms with van der Waals surface area (Å²) < 4.78 is 53.1. The number of methoxy groups -OCH3 is 1. The van der Waals surface area contributed by atoms with Gasteiger partial charge in [0.2, 0.25) is 5.95 Å². The third kappa shape index (κ3) is 4.07. The molecule has 1 saturated carbocycles. The fourth-order valence-electron chi connectivity index (χ4n) is 4.57. The summed E-state index contributed by atoms with van der Waals surface area (Å²) in [5.74, 6) is -0.319. The van der Waals surface area contributed by atoms with Crippen LogP contribution in [0.3, 0.4) is 0 Å². The predicted molar refractivity (Wildman–Crippen MR) is 132 cm³/mol. The van der Waals surface area contributed by atoms with E-state index in [1.807, 2.05) is 0 Å². The Labute approximate surface area is 216 Å². The number of aliphatic hydroxyl groups is 1. The van der Waals surface area contributed by atoms with Gasteiger partial charge in [-0.3, -0.25) is 13.9 Å². The van der Waals surface area contributed by atoms with Crippen molar-refractivity contribution in [3.05, 3.63) is 36.7 Å². The Hall–Kier alpha value is -3.36. The molecular weight excluding hydrogens is 524 g/mol. The van der Waals surface area contributed by atoms with Crippen LogP contribution in [0.25, 0.3) is 11.2 Å². The van der Waals surface area contributed by atoms with Gasteiger partial charge in [0.25, 0.3) is 0 Å². The van der Waals surface area contributed by atoms with Crippen molar-refractivity contribution in [1.82, 2.24) is 24.6 Å². The number of anilines is 2. The smallest absolute Gasteiger partial charge is 0.459 e. The van der Waals surface area contributed by atoms with Crippen LogP contribution in [0.2, 0.25) is 0 Å². The van der Waals surface area contributed by atoms with E-state index < -0.39 is 49.5 Å². The largest absolute Gasteiger partial charge is 0.468 e. The van der Waals surface area contributed by atoms with E-state index in [1.165, 1.54) is 37.1 Å². The Bertz CT molecular complexity index is 1420. The van der Waals surface area contributed by atoms with Crippen LogP contribution < -0.4 is 20.7 Å². The Morgan fingerprint density at radius 1 is 1.34 bits per heavy atom. The second-order valence-corrected chi connectivity index (χ2v) is 10.8. The van der Waals surface area contributed by atoms with Crippen molar-refractivity contribution in [2.24, 2.45) is 0 Å². The molecule has 1 aliphatic heterocycles. The number of esters is 1. The first kappa shape index (κ1) is 26.3. The van der Waals surface area contributed by atoms with Crippen LogP contribution in [0.5, 0.6) is 5.75 Å². The predicted octanol–water partition coefficient (Wildman–Crippen LogP) is 1.54. The minimum atomic E-state index is -4.37. The SMILES string of the molecule is CNc1nc(N)nc2c1ncn2[C@@H]1O[C@@H]2C(O[P@](=O)(N[C@H](C)C(=O)OC)Oc3ccccc3)[C@]2(O)[C@@]1(C)F. The molecule has 0 radical (unpaired) electrons. The van der Waals surface area contributed by atoms with E-state index in [0.717, 1.165) is 6.92 Å². The van der Waals surface area contributed by atoms with Crippen LogP contribution in [-0.4, -0.2) is 74.3 Å². The summed E-state index contributed by atoms with van der Waals surface area (Å²) in [5.41, 5.74) is 1.61. The fraction of sp³-hybridized carbons (Fsp3) is 0.455. The van der Waals surface area contributed by atoms with Crippen LogP contribution in [-0.2, 0) is 23.4 Å². The third-order valence-electron chi connectivity index (χ3n) is 6.61. The fourth-order valence-corrected chi connectivity index (χ4v) is 6.27. The number of alkyl halides is 1. The quantitative estimate of drug-likeness (QED) is 0.222.